The Morgan fingerprint density at radius 3 is 2.57 bits per heavy atom. The monoisotopic (exact) mass is 352 g/mol. The van der Waals surface area contributed by atoms with Crippen LogP contribution in [0.1, 0.15) is 23.6 Å². The molecule has 0 heterocycles. The standard InChI is InChI=1S/C16H17ClN2O3S/c1-10-4-5-11(2)16(8-10)23(21,22)19-18-12(3)14-9-13(17)6-7-15(14)20/h4-9,19-20H,1-3H3/b18-12-. The lowest BCUT2D eigenvalue weighted by molar-refractivity contribution is 0.474. The Bertz CT molecular complexity index is 877. The van der Waals surface area contributed by atoms with E-state index in [9.17, 15) is 13.5 Å². The van der Waals surface area contributed by atoms with Gasteiger partial charge in [0.1, 0.15) is 5.75 Å². The van der Waals surface area contributed by atoms with Gasteiger partial charge in [-0.25, -0.2) is 0 Å². The number of benzene rings is 2. The van der Waals surface area contributed by atoms with Gasteiger partial charge in [-0.3, -0.25) is 0 Å². The van der Waals surface area contributed by atoms with Gasteiger partial charge in [0.2, 0.25) is 0 Å². The van der Waals surface area contributed by atoms with Crippen LogP contribution in [0.15, 0.2) is 46.4 Å². The fourth-order valence-corrected chi connectivity index (χ4v) is 3.39. The molecule has 0 aromatic heterocycles. The van der Waals surface area contributed by atoms with E-state index in [1.54, 1.807) is 26.0 Å². The molecule has 122 valence electrons. The third-order valence-corrected chi connectivity index (χ3v) is 4.90. The van der Waals surface area contributed by atoms with Crippen molar-refractivity contribution in [1.82, 2.24) is 4.83 Å². The lowest BCUT2D eigenvalue weighted by Crippen LogP contribution is -2.21. The van der Waals surface area contributed by atoms with Crippen LogP contribution in [0, 0.1) is 13.8 Å². The smallest absolute Gasteiger partial charge is 0.276 e. The molecular weight excluding hydrogens is 336 g/mol. The van der Waals surface area contributed by atoms with E-state index >= 15 is 0 Å². The van der Waals surface area contributed by atoms with Crippen molar-refractivity contribution >= 4 is 27.3 Å². The van der Waals surface area contributed by atoms with E-state index in [0.29, 0.717) is 21.9 Å². The topological polar surface area (TPSA) is 78.8 Å². The molecule has 0 aliphatic carbocycles. The number of nitrogens with one attached hydrogen (secondary N) is 1. The molecule has 0 saturated carbocycles. The van der Waals surface area contributed by atoms with Gasteiger partial charge in [-0.1, -0.05) is 23.7 Å². The number of rotatable bonds is 4. The van der Waals surface area contributed by atoms with Crippen LogP contribution in [0.3, 0.4) is 0 Å². The summed E-state index contributed by atoms with van der Waals surface area (Å²) in [6.07, 6.45) is 0. The molecule has 0 bridgehead atoms. The molecule has 5 nitrogen and oxygen atoms in total. The van der Waals surface area contributed by atoms with Gasteiger partial charge in [-0.05, 0) is 56.2 Å². The highest BCUT2D eigenvalue weighted by Crippen LogP contribution is 2.22. The zero-order chi connectivity index (χ0) is 17.2. The normalized spacial score (nSPS) is 12.3. The Labute approximate surface area is 140 Å². The van der Waals surface area contributed by atoms with E-state index in [0.717, 1.165) is 5.56 Å². The van der Waals surface area contributed by atoms with Crippen molar-refractivity contribution in [3.8, 4) is 5.75 Å². The fraction of sp³-hybridized carbons (Fsp3) is 0.188. The molecule has 7 heteroatoms. The molecule has 2 rings (SSSR count). The summed E-state index contributed by atoms with van der Waals surface area (Å²) in [6, 6.07) is 9.64. The second-order valence-corrected chi connectivity index (χ2v) is 7.29. The first-order chi connectivity index (χ1) is 10.7. The highest BCUT2D eigenvalue weighted by atomic mass is 35.5. The Morgan fingerprint density at radius 1 is 1.17 bits per heavy atom. The average Bonchev–Trinajstić information content (AvgIpc) is 2.49. The summed E-state index contributed by atoms with van der Waals surface area (Å²) in [7, 11) is -3.79. The second-order valence-electron chi connectivity index (χ2n) is 5.22. The third-order valence-electron chi connectivity index (χ3n) is 3.32. The van der Waals surface area contributed by atoms with Crippen LogP contribution in [-0.4, -0.2) is 19.2 Å². The first-order valence-electron chi connectivity index (χ1n) is 6.83. The first-order valence-corrected chi connectivity index (χ1v) is 8.69. The summed E-state index contributed by atoms with van der Waals surface area (Å²) < 4.78 is 24.8. The van der Waals surface area contributed by atoms with E-state index < -0.39 is 10.0 Å². The molecule has 0 fully saturated rings. The minimum absolute atomic E-state index is 0.0263. The second kappa shape index (κ2) is 6.60. The van der Waals surface area contributed by atoms with Crippen molar-refractivity contribution in [1.29, 1.82) is 0 Å². The third kappa shape index (κ3) is 4.03. The summed E-state index contributed by atoms with van der Waals surface area (Å²) in [5.74, 6) is -0.0263. The van der Waals surface area contributed by atoms with Crippen LogP contribution in [0.25, 0.3) is 0 Å². The molecule has 0 atom stereocenters. The first kappa shape index (κ1) is 17.3. The minimum atomic E-state index is -3.79. The van der Waals surface area contributed by atoms with Crippen molar-refractivity contribution in [3.63, 3.8) is 0 Å². The van der Waals surface area contributed by atoms with E-state index in [2.05, 4.69) is 9.93 Å². The predicted molar refractivity (Wildman–Crippen MR) is 91.6 cm³/mol. The fourth-order valence-electron chi connectivity index (χ4n) is 2.03. The van der Waals surface area contributed by atoms with Gasteiger partial charge in [-0.2, -0.15) is 18.4 Å². The number of hydrogen-bond acceptors (Lipinski definition) is 4. The number of sulfonamides is 1. The molecule has 0 saturated heterocycles. The highest BCUT2D eigenvalue weighted by molar-refractivity contribution is 7.89. The van der Waals surface area contributed by atoms with Crippen LogP contribution in [0.4, 0.5) is 0 Å². The molecule has 2 aromatic carbocycles. The maximum absolute atomic E-state index is 12.4. The van der Waals surface area contributed by atoms with E-state index in [1.165, 1.54) is 18.2 Å². The summed E-state index contributed by atoms with van der Waals surface area (Å²) >= 11 is 5.88. The Hall–Kier alpha value is -2.05. The van der Waals surface area contributed by atoms with Crippen molar-refractivity contribution in [2.75, 3.05) is 0 Å². The zero-order valence-corrected chi connectivity index (χ0v) is 14.5. The van der Waals surface area contributed by atoms with Gasteiger partial charge in [0.05, 0.1) is 10.6 Å². The van der Waals surface area contributed by atoms with Gasteiger partial charge >= 0.3 is 0 Å². The van der Waals surface area contributed by atoms with E-state index in [1.807, 2.05) is 13.0 Å². The van der Waals surface area contributed by atoms with Crippen molar-refractivity contribution in [2.45, 2.75) is 25.7 Å². The van der Waals surface area contributed by atoms with Gasteiger partial charge in [-0.15, -0.1) is 0 Å². The quantitative estimate of drug-likeness (QED) is 0.654. The van der Waals surface area contributed by atoms with Crippen LogP contribution in [0.5, 0.6) is 5.75 Å². The molecule has 23 heavy (non-hydrogen) atoms. The van der Waals surface area contributed by atoms with Gasteiger partial charge in [0.25, 0.3) is 10.0 Å². The zero-order valence-electron chi connectivity index (χ0n) is 13.0. The Morgan fingerprint density at radius 2 is 1.87 bits per heavy atom. The summed E-state index contributed by atoms with van der Waals surface area (Å²) in [5, 5.41) is 14.1. The molecule has 2 N–H and O–H groups in total. The Balaban J connectivity index is 2.34. The Kier molecular flexibility index (Phi) is 4.97. The number of aromatic hydroxyl groups is 1. The molecule has 0 amide bonds. The lowest BCUT2D eigenvalue weighted by atomic mass is 10.1. The predicted octanol–water partition coefficient (Wildman–Crippen LogP) is 3.36. The molecular formula is C16H17ClN2O3S. The van der Waals surface area contributed by atoms with Gasteiger partial charge in [0, 0.05) is 10.6 Å². The van der Waals surface area contributed by atoms with Crippen molar-refractivity contribution in [3.05, 3.63) is 58.1 Å². The molecule has 2 aromatic rings. The molecule has 0 radical (unpaired) electrons. The maximum atomic E-state index is 12.4. The van der Waals surface area contributed by atoms with Gasteiger partial charge < -0.3 is 5.11 Å². The number of hydrogen-bond donors (Lipinski definition) is 2. The summed E-state index contributed by atoms with van der Waals surface area (Å²) in [6.45, 7) is 5.11. The van der Waals surface area contributed by atoms with Crippen LogP contribution in [0.2, 0.25) is 5.02 Å². The summed E-state index contributed by atoms with van der Waals surface area (Å²) in [4.78, 5) is 2.36. The average molecular weight is 353 g/mol. The van der Waals surface area contributed by atoms with E-state index in [-0.39, 0.29) is 10.6 Å². The molecule has 0 aliphatic rings. The summed E-state index contributed by atoms with van der Waals surface area (Å²) in [5.41, 5.74) is 2.13. The molecule has 0 aliphatic heterocycles. The number of nitrogens with zero attached hydrogens (tertiary/aromatic N) is 1. The molecule has 0 unspecified atom stereocenters. The van der Waals surface area contributed by atoms with Crippen molar-refractivity contribution < 1.29 is 13.5 Å². The SMILES string of the molecule is C/C(=N/NS(=O)(=O)c1cc(C)ccc1C)c1cc(Cl)ccc1O. The van der Waals surface area contributed by atoms with Gasteiger partial charge in [0.15, 0.2) is 0 Å². The largest absolute Gasteiger partial charge is 0.507 e. The maximum Gasteiger partial charge on any atom is 0.276 e. The number of halogens is 1. The number of phenolic OH excluding ortho intramolecular Hbond substituents is 1. The van der Waals surface area contributed by atoms with Crippen LogP contribution >= 0.6 is 11.6 Å². The van der Waals surface area contributed by atoms with Crippen molar-refractivity contribution in [2.24, 2.45) is 5.10 Å². The van der Waals surface area contributed by atoms with Crippen LogP contribution in [-0.2, 0) is 10.0 Å². The highest BCUT2D eigenvalue weighted by Gasteiger charge is 2.16. The minimum Gasteiger partial charge on any atom is -0.507 e. The lowest BCUT2D eigenvalue weighted by Gasteiger charge is -2.09. The van der Waals surface area contributed by atoms with Crippen LogP contribution < -0.4 is 4.83 Å². The number of aryl methyl sites for hydroxylation is 2. The molecule has 0 spiro atoms. The number of hydrazone groups is 1. The number of phenols is 1. The van der Waals surface area contributed by atoms with E-state index in [4.69, 9.17) is 11.6 Å².